The zero-order valence-corrected chi connectivity index (χ0v) is 7.73. The lowest BCUT2D eigenvalue weighted by atomic mass is 10.0. The number of aromatic carboxylic acids is 1. The van der Waals surface area contributed by atoms with Crippen LogP contribution in [0.15, 0.2) is 18.2 Å². The number of rotatable bonds is 2. The van der Waals surface area contributed by atoms with Gasteiger partial charge in [0.1, 0.15) is 6.04 Å². The predicted molar refractivity (Wildman–Crippen MR) is 52.2 cm³/mol. The lowest BCUT2D eigenvalue weighted by Crippen LogP contribution is -2.26. The number of hydrogen-bond acceptors (Lipinski definition) is 3. The Hall–Kier alpha value is -2.04. The van der Waals surface area contributed by atoms with Crippen molar-refractivity contribution in [3.63, 3.8) is 0 Å². The Morgan fingerprint density at radius 3 is 2.67 bits per heavy atom. The highest BCUT2D eigenvalue weighted by atomic mass is 16.4. The molecule has 5 heteroatoms. The highest BCUT2D eigenvalue weighted by Crippen LogP contribution is 2.28. The number of hydrogen-bond donors (Lipinski definition) is 3. The van der Waals surface area contributed by atoms with Gasteiger partial charge >= 0.3 is 11.9 Å². The van der Waals surface area contributed by atoms with Gasteiger partial charge in [-0.1, -0.05) is 6.07 Å². The van der Waals surface area contributed by atoms with E-state index < -0.39 is 18.0 Å². The Morgan fingerprint density at radius 2 is 2.07 bits per heavy atom. The Bertz CT molecular complexity index is 441. The van der Waals surface area contributed by atoms with Crippen molar-refractivity contribution in [2.75, 3.05) is 5.32 Å². The minimum absolute atomic E-state index is 0.170. The van der Waals surface area contributed by atoms with E-state index in [4.69, 9.17) is 10.2 Å². The Labute approximate surface area is 85.3 Å². The second kappa shape index (κ2) is 3.27. The fraction of sp³-hybridized carbons (Fsp3) is 0.200. The van der Waals surface area contributed by atoms with Gasteiger partial charge in [-0.05, 0) is 17.7 Å². The fourth-order valence-corrected chi connectivity index (χ4v) is 1.73. The second-order valence-electron chi connectivity index (χ2n) is 3.38. The summed E-state index contributed by atoms with van der Waals surface area (Å²) in [4.78, 5) is 21.6. The van der Waals surface area contributed by atoms with Crippen LogP contribution in [0.3, 0.4) is 0 Å². The van der Waals surface area contributed by atoms with Crippen molar-refractivity contribution in [2.45, 2.75) is 12.5 Å². The summed E-state index contributed by atoms with van der Waals surface area (Å²) >= 11 is 0. The molecule has 0 aliphatic carbocycles. The summed E-state index contributed by atoms with van der Waals surface area (Å²) in [5, 5.41) is 20.5. The number of anilines is 1. The van der Waals surface area contributed by atoms with Crippen molar-refractivity contribution in [1.29, 1.82) is 0 Å². The van der Waals surface area contributed by atoms with Gasteiger partial charge in [-0.25, -0.2) is 9.59 Å². The maximum atomic E-state index is 10.9. The Kier molecular flexibility index (Phi) is 2.07. The highest BCUT2D eigenvalue weighted by molar-refractivity contribution is 5.93. The third-order valence-corrected chi connectivity index (χ3v) is 2.44. The van der Waals surface area contributed by atoms with E-state index in [1.807, 2.05) is 0 Å². The second-order valence-corrected chi connectivity index (χ2v) is 3.38. The van der Waals surface area contributed by atoms with Gasteiger partial charge in [-0.2, -0.15) is 0 Å². The van der Waals surface area contributed by atoms with Gasteiger partial charge in [-0.3, -0.25) is 0 Å². The fourth-order valence-electron chi connectivity index (χ4n) is 1.73. The summed E-state index contributed by atoms with van der Waals surface area (Å²) in [5.41, 5.74) is 1.34. The van der Waals surface area contributed by atoms with E-state index in [0.717, 1.165) is 0 Å². The first-order valence-electron chi connectivity index (χ1n) is 4.44. The zero-order chi connectivity index (χ0) is 11.0. The van der Waals surface area contributed by atoms with Crippen LogP contribution in [0.1, 0.15) is 15.9 Å². The molecule has 1 unspecified atom stereocenters. The van der Waals surface area contributed by atoms with Crippen molar-refractivity contribution >= 4 is 17.6 Å². The van der Waals surface area contributed by atoms with Gasteiger partial charge < -0.3 is 15.5 Å². The van der Waals surface area contributed by atoms with Crippen molar-refractivity contribution in [3.05, 3.63) is 29.3 Å². The van der Waals surface area contributed by atoms with Gasteiger partial charge in [0, 0.05) is 12.1 Å². The summed E-state index contributed by atoms with van der Waals surface area (Å²) in [5.74, 6) is -2.00. The average Bonchev–Trinajstić information content (AvgIpc) is 2.60. The van der Waals surface area contributed by atoms with E-state index in [-0.39, 0.29) is 12.0 Å². The van der Waals surface area contributed by atoms with Crippen LogP contribution in [0.5, 0.6) is 0 Å². The smallest absolute Gasteiger partial charge is 0.336 e. The van der Waals surface area contributed by atoms with Crippen LogP contribution in [0.2, 0.25) is 0 Å². The molecule has 0 saturated heterocycles. The molecule has 15 heavy (non-hydrogen) atoms. The molecule has 1 aromatic carbocycles. The molecule has 1 aliphatic rings. The summed E-state index contributed by atoms with van der Waals surface area (Å²) in [7, 11) is 0. The van der Waals surface area contributed by atoms with E-state index in [1.54, 1.807) is 12.1 Å². The molecule has 0 amide bonds. The minimum Gasteiger partial charge on any atom is -0.480 e. The van der Waals surface area contributed by atoms with E-state index in [1.165, 1.54) is 6.07 Å². The van der Waals surface area contributed by atoms with Gasteiger partial charge in [0.05, 0.1) is 5.56 Å². The normalized spacial score (nSPS) is 18.0. The first-order chi connectivity index (χ1) is 7.09. The molecule has 0 bridgehead atoms. The van der Waals surface area contributed by atoms with E-state index >= 15 is 0 Å². The third kappa shape index (κ3) is 1.52. The van der Waals surface area contributed by atoms with Crippen LogP contribution >= 0.6 is 0 Å². The molecule has 0 saturated carbocycles. The van der Waals surface area contributed by atoms with Crippen LogP contribution in [0, 0.1) is 0 Å². The molecular weight excluding hydrogens is 198 g/mol. The number of carbonyl (C=O) groups is 2. The molecule has 3 N–H and O–H groups in total. The number of fused-ring (bicyclic) bond motifs is 1. The number of aliphatic carboxylic acids is 1. The first-order valence-corrected chi connectivity index (χ1v) is 4.44. The first kappa shape index (κ1) is 9.51. The van der Waals surface area contributed by atoms with E-state index in [2.05, 4.69) is 5.32 Å². The molecule has 0 radical (unpaired) electrons. The Morgan fingerprint density at radius 1 is 1.33 bits per heavy atom. The summed E-state index contributed by atoms with van der Waals surface area (Å²) in [6.45, 7) is 0. The molecule has 1 heterocycles. The molecule has 0 fully saturated rings. The van der Waals surface area contributed by atoms with Crippen LogP contribution in [-0.4, -0.2) is 28.2 Å². The molecular formula is C10H9NO4. The van der Waals surface area contributed by atoms with Gasteiger partial charge in [0.15, 0.2) is 0 Å². The van der Waals surface area contributed by atoms with Crippen molar-refractivity contribution < 1.29 is 19.8 Å². The molecule has 2 rings (SSSR count). The van der Waals surface area contributed by atoms with Crippen LogP contribution < -0.4 is 5.32 Å². The molecule has 1 aliphatic heterocycles. The van der Waals surface area contributed by atoms with Gasteiger partial charge in [0.2, 0.25) is 0 Å². The van der Waals surface area contributed by atoms with Gasteiger partial charge in [-0.15, -0.1) is 0 Å². The van der Waals surface area contributed by atoms with Crippen LogP contribution in [-0.2, 0) is 11.2 Å². The maximum Gasteiger partial charge on any atom is 0.336 e. The van der Waals surface area contributed by atoms with Gasteiger partial charge in [0.25, 0.3) is 0 Å². The minimum atomic E-state index is -1.03. The maximum absolute atomic E-state index is 10.9. The van der Waals surface area contributed by atoms with E-state index in [9.17, 15) is 9.59 Å². The lowest BCUT2D eigenvalue weighted by molar-refractivity contribution is -0.137. The number of carboxylic acid groups (broad SMARTS) is 2. The SMILES string of the molecule is O=C(O)c1cccc2c1CC(C(=O)O)N2. The van der Waals surface area contributed by atoms with Crippen molar-refractivity contribution in [1.82, 2.24) is 0 Å². The lowest BCUT2D eigenvalue weighted by Gasteiger charge is -2.03. The molecule has 78 valence electrons. The third-order valence-electron chi connectivity index (χ3n) is 2.44. The predicted octanol–water partition coefficient (Wildman–Crippen LogP) is 0.806. The average molecular weight is 207 g/mol. The standard InChI is InChI=1S/C10H9NO4/c12-9(13)5-2-1-3-7-6(5)4-8(11-7)10(14)15/h1-3,8,11H,4H2,(H,12,13)(H,14,15). The molecule has 1 atom stereocenters. The van der Waals surface area contributed by atoms with Crippen LogP contribution in [0.4, 0.5) is 5.69 Å². The number of carboxylic acids is 2. The topological polar surface area (TPSA) is 86.6 Å². The van der Waals surface area contributed by atoms with E-state index in [0.29, 0.717) is 11.3 Å². The zero-order valence-electron chi connectivity index (χ0n) is 7.73. The van der Waals surface area contributed by atoms with Crippen LogP contribution in [0.25, 0.3) is 0 Å². The number of benzene rings is 1. The summed E-state index contributed by atoms with van der Waals surface area (Å²) < 4.78 is 0. The quantitative estimate of drug-likeness (QED) is 0.667. The van der Waals surface area contributed by atoms with Crippen molar-refractivity contribution in [2.24, 2.45) is 0 Å². The molecule has 1 aromatic rings. The molecule has 5 nitrogen and oxygen atoms in total. The largest absolute Gasteiger partial charge is 0.480 e. The summed E-state index contributed by atoms with van der Waals surface area (Å²) in [6, 6.07) is 4.04. The number of nitrogens with one attached hydrogen (secondary N) is 1. The Balaban J connectivity index is 2.41. The molecule has 0 aromatic heterocycles. The highest BCUT2D eigenvalue weighted by Gasteiger charge is 2.29. The van der Waals surface area contributed by atoms with Crippen molar-refractivity contribution in [3.8, 4) is 0 Å². The molecule has 0 spiro atoms. The summed E-state index contributed by atoms with van der Waals surface area (Å²) in [6.07, 6.45) is 0.215. The monoisotopic (exact) mass is 207 g/mol.